The molecule has 0 unspecified atom stereocenters. The Morgan fingerprint density at radius 1 is 0.968 bits per heavy atom. The monoisotopic (exact) mass is 418 g/mol. The van der Waals surface area contributed by atoms with Crippen molar-refractivity contribution in [3.8, 4) is 5.75 Å². The number of carbonyl (C=O) groups is 2. The predicted octanol–water partition coefficient (Wildman–Crippen LogP) is 4.56. The van der Waals surface area contributed by atoms with Gasteiger partial charge >= 0.3 is 11.9 Å². The first-order valence-electron chi connectivity index (χ1n) is 10.7. The van der Waals surface area contributed by atoms with Crippen molar-refractivity contribution < 1.29 is 19.4 Å². The number of aliphatic carboxylic acids is 1. The van der Waals surface area contributed by atoms with Crippen molar-refractivity contribution >= 4 is 22.8 Å². The maximum Gasteiger partial charge on any atom is 0.394 e. The van der Waals surface area contributed by atoms with E-state index in [1.165, 1.54) is 4.90 Å². The summed E-state index contributed by atoms with van der Waals surface area (Å²) in [6.45, 7) is 0.651. The van der Waals surface area contributed by atoms with Gasteiger partial charge in [-0.05, 0) is 42.7 Å². The number of amides is 1. The Bertz CT molecular complexity index is 1060. The van der Waals surface area contributed by atoms with Gasteiger partial charge in [0.15, 0.2) is 0 Å². The minimum atomic E-state index is -1.39. The number of nitrogens with zero attached hydrogens (tertiary/aromatic N) is 2. The molecule has 160 valence electrons. The van der Waals surface area contributed by atoms with Gasteiger partial charge in [0.05, 0.1) is 11.2 Å². The van der Waals surface area contributed by atoms with Gasteiger partial charge in [-0.3, -0.25) is 4.79 Å². The highest BCUT2D eigenvalue weighted by atomic mass is 16.5. The topological polar surface area (TPSA) is 79.7 Å². The van der Waals surface area contributed by atoms with Crippen LogP contribution in [0.4, 0.5) is 0 Å². The van der Waals surface area contributed by atoms with E-state index in [1.807, 2.05) is 60.7 Å². The normalized spacial score (nSPS) is 14.3. The fourth-order valence-electron chi connectivity index (χ4n) is 4.12. The van der Waals surface area contributed by atoms with E-state index in [4.69, 9.17) is 4.74 Å². The molecule has 1 saturated carbocycles. The number of carbonyl (C=O) groups excluding carboxylic acids is 1. The third kappa shape index (κ3) is 5.20. The van der Waals surface area contributed by atoms with Gasteiger partial charge in [-0.15, -0.1) is 0 Å². The Labute approximate surface area is 181 Å². The molecule has 31 heavy (non-hydrogen) atoms. The minimum absolute atomic E-state index is 0.00717. The number of carboxylic acids is 1. The van der Waals surface area contributed by atoms with Crippen molar-refractivity contribution in [1.29, 1.82) is 0 Å². The molecule has 4 rings (SSSR count). The van der Waals surface area contributed by atoms with Crippen molar-refractivity contribution in [2.24, 2.45) is 0 Å². The van der Waals surface area contributed by atoms with Crippen LogP contribution < -0.4 is 4.74 Å². The first-order valence-corrected chi connectivity index (χ1v) is 10.7. The standard InChI is InChI=1S/C25H26N2O4/c28-24(25(29)30)27(21-7-2-1-3-8-21)16-18-10-14-22(15-11-18)31-17-20-13-12-19-6-4-5-9-23(19)26-20/h4-6,9-15,21H,1-3,7-8,16-17H2,(H,29,30). The molecule has 1 aromatic heterocycles. The highest BCUT2D eigenvalue weighted by Gasteiger charge is 2.29. The van der Waals surface area contributed by atoms with E-state index in [1.54, 1.807) is 0 Å². The molecule has 0 spiro atoms. The Morgan fingerprint density at radius 2 is 1.71 bits per heavy atom. The SMILES string of the molecule is O=C(O)C(=O)N(Cc1ccc(OCc2ccc3ccccc3n2)cc1)C1CCCCC1. The van der Waals surface area contributed by atoms with Gasteiger partial charge < -0.3 is 14.7 Å². The smallest absolute Gasteiger partial charge is 0.394 e. The van der Waals surface area contributed by atoms with Crippen LogP contribution in [0, 0.1) is 0 Å². The van der Waals surface area contributed by atoms with Gasteiger partial charge in [0.2, 0.25) is 0 Å². The van der Waals surface area contributed by atoms with Crippen LogP contribution in [0.1, 0.15) is 43.4 Å². The molecule has 1 heterocycles. The van der Waals surface area contributed by atoms with Crippen LogP contribution in [-0.4, -0.2) is 32.9 Å². The minimum Gasteiger partial charge on any atom is -0.487 e. The molecule has 0 aliphatic heterocycles. The number of ether oxygens (including phenoxy) is 1. The number of aromatic nitrogens is 1. The molecule has 6 nitrogen and oxygen atoms in total. The molecule has 0 bridgehead atoms. The molecule has 1 fully saturated rings. The number of carboxylic acid groups (broad SMARTS) is 1. The van der Waals surface area contributed by atoms with E-state index in [0.29, 0.717) is 18.9 Å². The molecule has 1 aliphatic carbocycles. The van der Waals surface area contributed by atoms with Crippen LogP contribution in [-0.2, 0) is 22.7 Å². The number of hydrogen-bond acceptors (Lipinski definition) is 4. The van der Waals surface area contributed by atoms with Gasteiger partial charge in [-0.25, -0.2) is 9.78 Å². The largest absolute Gasteiger partial charge is 0.487 e. The summed E-state index contributed by atoms with van der Waals surface area (Å²) in [6.07, 6.45) is 4.93. The lowest BCUT2D eigenvalue weighted by atomic mass is 9.93. The highest BCUT2D eigenvalue weighted by molar-refractivity contribution is 6.31. The lowest BCUT2D eigenvalue weighted by Gasteiger charge is -2.33. The number of rotatable bonds is 6. The van der Waals surface area contributed by atoms with E-state index < -0.39 is 11.9 Å². The van der Waals surface area contributed by atoms with Crippen LogP contribution in [0.25, 0.3) is 10.9 Å². The lowest BCUT2D eigenvalue weighted by Crippen LogP contribution is -2.44. The molecule has 1 N–H and O–H groups in total. The van der Waals surface area contributed by atoms with Gasteiger partial charge in [0, 0.05) is 18.0 Å². The second-order valence-corrected chi connectivity index (χ2v) is 7.96. The Hall–Kier alpha value is -3.41. The lowest BCUT2D eigenvalue weighted by molar-refractivity contribution is -0.158. The zero-order chi connectivity index (χ0) is 21.6. The average Bonchev–Trinajstić information content (AvgIpc) is 2.82. The summed E-state index contributed by atoms with van der Waals surface area (Å²) in [6, 6.07) is 19.4. The maximum absolute atomic E-state index is 12.3. The summed E-state index contributed by atoms with van der Waals surface area (Å²) >= 11 is 0. The van der Waals surface area contributed by atoms with Crippen LogP contribution in [0.2, 0.25) is 0 Å². The average molecular weight is 418 g/mol. The van der Waals surface area contributed by atoms with E-state index in [9.17, 15) is 14.7 Å². The number of fused-ring (bicyclic) bond motifs is 1. The van der Waals surface area contributed by atoms with Crippen LogP contribution in [0.5, 0.6) is 5.75 Å². The van der Waals surface area contributed by atoms with E-state index in [0.717, 1.165) is 54.3 Å². The highest BCUT2D eigenvalue weighted by Crippen LogP contribution is 2.25. The van der Waals surface area contributed by atoms with Gasteiger partial charge in [-0.2, -0.15) is 0 Å². The molecular formula is C25H26N2O4. The van der Waals surface area contributed by atoms with Crippen molar-refractivity contribution in [1.82, 2.24) is 9.88 Å². The summed E-state index contributed by atoms with van der Waals surface area (Å²) < 4.78 is 5.87. The summed E-state index contributed by atoms with van der Waals surface area (Å²) in [4.78, 5) is 29.7. The van der Waals surface area contributed by atoms with Gasteiger partial charge in [0.25, 0.3) is 0 Å². The van der Waals surface area contributed by atoms with Crippen molar-refractivity contribution in [2.75, 3.05) is 0 Å². The van der Waals surface area contributed by atoms with Crippen molar-refractivity contribution in [3.05, 3.63) is 71.9 Å². The molecule has 6 heteroatoms. The van der Waals surface area contributed by atoms with Crippen LogP contribution >= 0.6 is 0 Å². The summed E-state index contributed by atoms with van der Waals surface area (Å²) in [5.74, 6) is -1.52. The molecule has 1 amide bonds. The maximum atomic E-state index is 12.3. The van der Waals surface area contributed by atoms with E-state index >= 15 is 0 Å². The Morgan fingerprint density at radius 3 is 2.45 bits per heavy atom. The van der Waals surface area contributed by atoms with Crippen LogP contribution in [0.3, 0.4) is 0 Å². The molecule has 0 radical (unpaired) electrons. The first kappa shape index (κ1) is 20.8. The summed E-state index contributed by atoms with van der Waals surface area (Å²) in [7, 11) is 0. The number of para-hydroxylation sites is 1. The Kier molecular flexibility index (Phi) is 6.46. The molecule has 0 saturated heterocycles. The second-order valence-electron chi connectivity index (χ2n) is 7.96. The fraction of sp³-hybridized carbons (Fsp3) is 0.320. The summed E-state index contributed by atoms with van der Waals surface area (Å²) in [5, 5.41) is 10.3. The van der Waals surface area contributed by atoms with Gasteiger partial charge in [0.1, 0.15) is 12.4 Å². The molecule has 0 atom stereocenters. The van der Waals surface area contributed by atoms with Crippen LogP contribution in [0.15, 0.2) is 60.7 Å². The number of pyridine rings is 1. The van der Waals surface area contributed by atoms with Crippen molar-refractivity contribution in [3.63, 3.8) is 0 Å². The third-order valence-corrected chi connectivity index (χ3v) is 5.78. The second kappa shape index (κ2) is 9.60. The van der Waals surface area contributed by atoms with E-state index in [-0.39, 0.29) is 6.04 Å². The zero-order valence-corrected chi connectivity index (χ0v) is 17.4. The third-order valence-electron chi connectivity index (χ3n) is 5.78. The van der Waals surface area contributed by atoms with E-state index in [2.05, 4.69) is 4.98 Å². The van der Waals surface area contributed by atoms with Crippen molar-refractivity contribution in [2.45, 2.75) is 51.3 Å². The molecule has 2 aromatic carbocycles. The Balaban J connectivity index is 1.40. The fourth-order valence-corrected chi connectivity index (χ4v) is 4.12. The number of benzene rings is 2. The first-order chi connectivity index (χ1) is 15.1. The quantitative estimate of drug-likeness (QED) is 0.594. The molecule has 1 aliphatic rings. The number of hydrogen-bond donors (Lipinski definition) is 1. The predicted molar refractivity (Wildman–Crippen MR) is 118 cm³/mol. The summed E-state index contributed by atoms with van der Waals surface area (Å²) in [5.41, 5.74) is 2.67. The van der Waals surface area contributed by atoms with Gasteiger partial charge in [-0.1, -0.05) is 55.7 Å². The molecular weight excluding hydrogens is 392 g/mol. The zero-order valence-electron chi connectivity index (χ0n) is 17.4. The molecule has 3 aromatic rings.